The molecule has 19 heavy (non-hydrogen) atoms. The highest BCUT2D eigenvalue weighted by Gasteiger charge is 2.09. The molecule has 1 N–H and O–H groups in total. The Bertz CT molecular complexity index is 700. The number of rotatable bonds is 4. The normalized spacial score (nSPS) is 11.3. The Morgan fingerprint density at radius 1 is 1.21 bits per heavy atom. The highest BCUT2D eigenvalue weighted by Crippen LogP contribution is 2.21. The van der Waals surface area contributed by atoms with E-state index >= 15 is 0 Å². The van der Waals surface area contributed by atoms with Crippen LogP contribution in [0.1, 0.15) is 24.3 Å². The van der Waals surface area contributed by atoms with Gasteiger partial charge in [0.05, 0.1) is 6.61 Å². The number of benzene rings is 1. The molecule has 98 valence electrons. The third-order valence-electron chi connectivity index (χ3n) is 3.19. The smallest absolute Gasteiger partial charge is 0.236 e. The summed E-state index contributed by atoms with van der Waals surface area (Å²) >= 11 is 0. The number of hydrogen-bond donors (Lipinski definition) is 1. The Hall–Kier alpha value is -2.14. The van der Waals surface area contributed by atoms with E-state index in [-0.39, 0.29) is 6.61 Å². The quantitative estimate of drug-likeness (QED) is 0.777. The van der Waals surface area contributed by atoms with Crippen LogP contribution in [0.5, 0.6) is 0 Å². The number of aryl methyl sites for hydroxylation is 1. The predicted molar refractivity (Wildman–Crippen MR) is 70.6 cm³/mol. The van der Waals surface area contributed by atoms with Gasteiger partial charge in [-0.1, -0.05) is 19.1 Å². The number of aliphatic hydroxyl groups excluding tert-OH is 1. The Balaban J connectivity index is 1.97. The van der Waals surface area contributed by atoms with E-state index in [9.17, 15) is 5.11 Å². The van der Waals surface area contributed by atoms with Gasteiger partial charge in [0, 0.05) is 23.5 Å². The topological polar surface area (TPSA) is 64.1 Å². The molecule has 5 heteroatoms. The fraction of sp³-hybridized carbons (Fsp3) is 0.286. The van der Waals surface area contributed by atoms with Crippen LogP contribution < -0.4 is 0 Å². The van der Waals surface area contributed by atoms with Crippen LogP contribution in [0.2, 0.25) is 0 Å². The molecule has 0 unspecified atom stereocenters. The minimum Gasteiger partial charge on any atom is -0.423 e. The maximum absolute atomic E-state index is 9.32. The van der Waals surface area contributed by atoms with Gasteiger partial charge in [0.15, 0.2) is 0 Å². The summed E-state index contributed by atoms with van der Waals surface area (Å²) in [6, 6.07) is 7.88. The molecule has 0 amide bonds. The average molecular weight is 257 g/mol. The SMILES string of the molecule is CCc1nnc(Cn2ccc3c(CO)cccc32)o1. The summed E-state index contributed by atoms with van der Waals surface area (Å²) in [5.74, 6) is 1.26. The highest BCUT2D eigenvalue weighted by molar-refractivity contribution is 5.83. The van der Waals surface area contributed by atoms with Gasteiger partial charge in [-0.2, -0.15) is 0 Å². The predicted octanol–water partition coefficient (Wildman–Crippen LogP) is 2.13. The highest BCUT2D eigenvalue weighted by atomic mass is 16.4. The number of aromatic nitrogens is 3. The molecule has 2 heterocycles. The van der Waals surface area contributed by atoms with Gasteiger partial charge in [-0.15, -0.1) is 10.2 Å². The van der Waals surface area contributed by atoms with Crippen molar-refractivity contribution >= 4 is 10.9 Å². The Labute approximate surface area is 110 Å². The van der Waals surface area contributed by atoms with E-state index in [1.54, 1.807) is 0 Å². The first-order chi connectivity index (χ1) is 9.31. The number of aliphatic hydroxyl groups is 1. The molecule has 0 aliphatic heterocycles. The summed E-state index contributed by atoms with van der Waals surface area (Å²) in [6.07, 6.45) is 2.72. The van der Waals surface area contributed by atoms with Gasteiger partial charge < -0.3 is 14.1 Å². The van der Waals surface area contributed by atoms with E-state index in [1.165, 1.54) is 0 Å². The molecular weight excluding hydrogens is 242 g/mol. The molecule has 0 aliphatic carbocycles. The van der Waals surface area contributed by atoms with Crippen molar-refractivity contribution in [1.82, 2.24) is 14.8 Å². The van der Waals surface area contributed by atoms with E-state index in [2.05, 4.69) is 10.2 Å². The van der Waals surface area contributed by atoms with Gasteiger partial charge in [0.2, 0.25) is 11.8 Å². The molecular formula is C14H15N3O2. The lowest BCUT2D eigenvalue weighted by molar-refractivity contribution is 0.283. The summed E-state index contributed by atoms with van der Waals surface area (Å²) < 4.78 is 7.56. The molecule has 0 fully saturated rings. The Morgan fingerprint density at radius 2 is 2.05 bits per heavy atom. The van der Waals surface area contributed by atoms with Crippen LogP contribution >= 0.6 is 0 Å². The van der Waals surface area contributed by atoms with Crippen LogP contribution in [0.15, 0.2) is 34.9 Å². The van der Waals surface area contributed by atoms with Gasteiger partial charge in [0.25, 0.3) is 0 Å². The van der Waals surface area contributed by atoms with Crippen LogP contribution in [0.25, 0.3) is 10.9 Å². The maximum Gasteiger partial charge on any atom is 0.236 e. The monoisotopic (exact) mass is 257 g/mol. The summed E-state index contributed by atoms with van der Waals surface area (Å²) in [7, 11) is 0. The van der Waals surface area contributed by atoms with Gasteiger partial charge in [-0.3, -0.25) is 0 Å². The minimum absolute atomic E-state index is 0.0435. The molecule has 0 aliphatic rings. The molecule has 0 bridgehead atoms. The zero-order chi connectivity index (χ0) is 13.2. The molecule has 5 nitrogen and oxygen atoms in total. The molecule has 0 radical (unpaired) electrons. The molecule has 0 saturated carbocycles. The van der Waals surface area contributed by atoms with Crippen LogP contribution in [0, 0.1) is 0 Å². The van der Waals surface area contributed by atoms with E-state index in [0.29, 0.717) is 18.3 Å². The van der Waals surface area contributed by atoms with E-state index in [4.69, 9.17) is 4.42 Å². The van der Waals surface area contributed by atoms with Crippen molar-refractivity contribution < 1.29 is 9.52 Å². The van der Waals surface area contributed by atoms with Crippen molar-refractivity contribution in [2.24, 2.45) is 0 Å². The lowest BCUT2D eigenvalue weighted by Gasteiger charge is -2.03. The van der Waals surface area contributed by atoms with Crippen LogP contribution in [0.4, 0.5) is 0 Å². The summed E-state index contributed by atoms with van der Waals surface area (Å²) in [4.78, 5) is 0. The van der Waals surface area contributed by atoms with Crippen molar-refractivity contribution in [1.29, 1.82) is 0 Å². The van der Waals surface area contributed by atoms with Crippen molar-refractivity contribution in [2.45, 2.75) is 26.5 Å². The van der Waals surface area contributed by atoms with Crippen molar-refractivity contribution in [3.8, 4) is 0 Å². The zero-order valence-electron chi connectivity index (χ0n) is 10.7. The lowest BCUT2D eigenvalue weighted by Crippen LogP contribution is -1.98. The van der Waals surface area contributed by atoms with Gasteiger partial charge in [-0.05, 0) is 17.7 Å². The largest absolute Gasteiger partial charge is 0.423 e. The standard InChI is InChI=1S/C14H15N3O2/c1-2-13-15-16-14(19-13)8-17-7-6-11-10(9-18)4-3-5-12(11)17/h3-7,18H,2,8-9H2,1H3. The molecule has 3 rings (SSSR count). The summed E-state index contributed by atoms with van der Waals surface area (Å²) in [5, 5.41) is 18.4. The van der Waals surface area contributed by atoms with Gasteiger partial charge in [0.1, 0.15) is 6.54 Å². The zero-order valence-corrected chi connectivity index (χ0v) is 10.7. The molecule has 3 aromatic rings. The average Bonchev–Trinajstić information content (AvgIpc) is 3.06. The number of hydrogen-bond acceptors (Lipinski definition) is 4. The fourth-order valence-electron chi connectivity index (χ4n) is 2.20. The van der Waals surface area contributed by atoms with Crippen molar-refractivity contribution in [3.63, 3.8) is 0 Å². The summed E-state index contributed by atoms with van der Waals surface area (Å²) in [6.45, 7) is 2.57. The van der Waals surface area contributed by atoms with E-state index in [1.807, 2.05) is 42.0 Å². The second-order valence-corrected chi connectivity index (χ2v) is 4.39. The van der Waals surface area contributed by atoms with Crippen molar-refractivity contribution in [2.75, 3.05) is 0 Å². The van der Waals surface area contributed by atoms with E-state index in [0.717, 1.165) is 22.9 Å². The van der Waals surface area contributed by atoms with Crippen LogP contribution in [-0.2, 0) is 19.6 Å². The third-order valence-corrected chi connectivity index (χ3v) is 3.19. The van der Waals surface area contributed by atoms with Gasteiger partial charge >= 0.3 is 0 Å². The first kappa shape index (κ1) is 11.9. The third kappa shape index (κ3) is 2.13. The summed E-state index contributed by atoms with van der Waals surface area (Å²) in [5.41, 5.74) is 1.99. The minimum atomic E-state index is 0.0435. The second kappa shape index (κ2) is 4.85. The first-order valence-electron chi connectivity index (χ1n) is 6.30. The van der Waals surface area contributed by atoms with Crippen LogP contribution in [-0.4, -0.2) is 19.9 Å². The molecule has 0 atom stereocenters. The fourth-order valence-corrected chi connectivity index (χ4v) is 2.20. The Kier molecular flexibility index (Phi) is 3.05. The molecule has 0 saturated heterocycles. The van der Waals surface area contributed by atoms with Crippen molar-refractivity contribution in [3.05, 3.63) is 47.8 Å². The van der Waals surface area contributed by atoms with E-state index < -0.39 is 0 Å². The number of nitrogens with zero attached hydrogens (tertiary/aromatic N) is 3. The Morgan fingerprint density at radius 3 is 2.79 bits per heavy atom. The first-order valence-corrected chi connectivity index (χ1v) is 6.30. The molecule has 2 aromatic heterocycles. The maximum atomic E-state index is 9.32. The van der Waals surface area contributed by atoms with Crippen LogP contribution in [0.3, 0.4) is 0 Å². The lowest BCUT2D eigenvalue weighted by atomic mass is 10.1. The molecule has 1 aromatic carbocycles. The second-order valence-electron chi connectivity index (χ2n) is 4.39. The molecule has 0 spiro atoms. The van der Waals surface area contributed by atoms with Gasteiger partial charge in [-0.25, -0.2) is 0 Å². The number of fused-ring (bicyclic) bond motifs is 1.